The molecule has 0 aromatic carbocycles. The monoisotopic (exact) mass is 513 g/mol. The Morgan fingerprint density at radius 2 is 1.26 bits per heavy atom. The summed E-state index contributed by atoms with van der Waals surface area (Å²) < 4.78 is 32.8. The minimum absolute atomic E-state index is 0. The molecule has 0 fully saturated rings. The number of carbonyl (C=O) groups is 1. The summed E-state index contributed by atoms with van der Waals surface area (Å²) in [4.78, 5) is 12.0. The van der Waals surface area contributed by atoms with E-state index in [1.54, 1.807) is 0 Å². The van der Waals surface area contributed by atoms with E-state index in [2.05, 4.69) is 38.2 Å². The summed E-state index contributed by atoms with van der Waals surface area (Å²) in [6.07, 6.45) is 27.4. The van der Waals surface area contributed by atoms with Crippen LogP contribution in [0.1, 0.15) is 136 Å². The second kappa shape index (κ2) is 29.3. The van der Waals surface area contributed by atoms with Gasteiger partial charge in [0.05, 0.1) is 0 Å². The summed E-state index contributed by atoms with van der Waals surface area (Å²) in [5.41, 5.74) is 0. The van der Waals surface area contributed by atoms with Crippen molar-refractivity contribution in [3.05, 3.63) is 12.2 Å². The zero-order valence-corrected chi connectivity index (χ0v) is 25.5. The van der Waals surface area contributed by atoms with Crippen molar-refractivity contribution in [2.24, 2.45) is 5.92 Å². The standard InChI is InChI=1S/C26H51NO.Na.H2O4S/c1-4-7-9-10-11-12-13-14-15-16-17-18-19-20-21-23-26(28)27-24-25(6-3)22-8-5-2;;1-5(2,3)4/h14-15,25H,4-13,16-24H2,1-3H3,(H,27,28);;(H2,1,2,3,4)/q;+1;/p-1/b15-14-;;. The zero-order valence-electron chi connectivity index (χ0n) is 22.7. The minimum atomic E-state index is -4.92. The summed E-state index contributed by atoms with van der Waals surface area (Å²) in [6.45, 7) is 7.62. The third-order valence-corrected chi connectivity index (χ3v) is 5.80. The SMILES string of the molecule is CCCCCCCC/C=C\CCCCCCCC(=O)NCC(CC)CCCC.O=S(=O)([O-])O.[Na+]. The Hall–Kier alpha value is 0.0800. The van der Waals surface area contributed by atoms with Crippen LogP contribution in [0, 0.1) is 5.92 Å². The molecular formula is C26H52NNaO5S. The van der Waals surface area contributed by atoms with Crippen molar-refractivity contribution >= 4 is 16.3 Å². The van der Waals surface area contributed by atoms with Crippen LogP contribution in [0.3, 0.4) is 0 Å². The third-order valence-electron chi connectivity index (χ3n) is 5.80. The number of unbranched alkanes of at least 4 members (excludes halogenated alkanes) is 12. The van der Waals surface area contributed by atoms with Crippen molar-refractivity contribution < 1.29 is 51.9 Å². The maximum Gasteiger partial charge on any atom is 1.00 e. The Kier molecular flexibility index (Phi) is 33.3. The van der Waals surface area contributed by atoms with Crippen LogP contribution in [0.5, 0.6) is 0 Å². The van der Waals surface area contributed by atoms with Gasteiger partial charge in [-0.05, 0) is 44.4 Å². The molecule has 0 aliphatic rings. The van der Waals surface area contributed by atoms with Crippen molar-refractivity contribution in [3.8, 4) is 0 Å². The molecular weight excluding hydrogens is 461 g/mol. The van der Waals surface area contributed by atoms with E-state index in [4.69, 9.17) is 17.5 Å². The molecule has 198 valence electrons. The third kappa shape index (κ3) is 39.3. The van der Waals surface area contributed by atoms with E-state index in [1.807, 2.05) is 0 Å². The van der Waals surface area contributed by atoms with Gasteiger partial charge in [-0.3, -0.25) is 9.35 Å². The molecule has 0 rings (SSSR count). The second-order valence-corrected chi connectivity index (χ2v) is 9.84. The average Bonchev–Trinajstić information content (AvgIpc) is 2.75. The largest absolute Gasteiger partial charge is 1.00 e. The van der Waals surface area contributed by atoms with Crippen molar-refractivity contribution in [1.29, 1.82) is 0 Å². The van der Waals surface area contributed by atoms with Gasteiger partial charge in [0.25, 0.3) is 0 Å². The Balaban J connectivity index is -0.00000144. The smallest absolute Gasteiger partial charge is 0.726 e. The summed E-state index contributed by atoms with van der Waals surface area (Å²) in [6, 6.07) is 0. The van der Waals surface area contributed by atoms with Gasteiger partial charge >= 0.3 is 29.6 Å². The van der Waals surface area contributed by atoms with Crippen LogP contribution >= 0.6 is 0 Å². The zero-order chi connectivity index (χ0) is 25.2. The van der Waals surface area contributed by atoms with E-state index in [9.17, 15) is 4.79 Å². The van der Waals surface area contributed by atoms with Crippen molar-refractivity contribution in [2.75, 3.05) is 6.54 Å². The fourth-order valence-electron chi connectivity index (χ4n) is 3.65. The molecule has 34 heavy (non-hydrogen) atoms. The number of carbonyl (C=O) groups excluding carboxylic acids is 1. The van der Waals surface area contributed by atoms with E-state index >= 15 is 0 Å². The first-order valence-electron chi connectivity index (χ1n) is 13.3. The van der Waals surface area contributed by atoms with Crippen LogP contribution in [0.25, 0.3) is 0 Å². The number of hydrogen-bond donors (Lipinski definition) is 2. The molecule has 1 atom stereocenters. The first-order valence-corrected chi connectivity index (χ1v) is 14.7. The number of rotatable bonds is 21. The van der Waals surface area contributed by atoms with E-state index < -0.39 is 10.4 Å². The Bertz CT molecular complexity index is 547. The van der Waals surface area contributed by atoms with Crippen LogP contribution in [-0.2, 0) is 15.2 Å². The summed E-state index contributed by atoms with van der Waals surface area (Å²) in [7, 11) is -4.92. The molecule has 0 heterocycles. The molecule has 0 radical (unpaired) electrons. The number of allylic oxidation sites excluding steroid dienone is 2. The number of hydrogen-bond acceptors (Lipinski definition) is 4. The fraction of sp³-hybridized carbons (Fsp3) is 0.885. The minimum Gasteiger partial charge on any atom is -0.726 e. The average molecular weight is 514 g/mol. The fourth-order valence-corrected chi connectivity index (χ4v) is 3.65. The maximum atomic E-state index is 12.0. The van der Waals surface area contributed by atoms with Gasteiger partial charge in [0.1, 0.15) is 0 Å². The Morgan fingerprint density at radius 1 is 0.824 bits per heavy atom. The van der Waals surface area contributed by atoms with Gasteiger partial charge < -0.3 is 9.87 Å². The van der Waals surface area contributed by atoms with Crippen LogP contribution in [0.2, 0.25) is 0 Å². The van der Waals surface area contributed by atoms with Gasteiger partial charge in [-0.1, -0.05) is 104 Å². The molecule has 2 N–H and O–H groups in total. The quantitative estimate of drug-likeness (QED) is 0.0779. The van der Waals surface area contributed by atoms with Crippen molar-refractivity contribution in [1.82, 2.24) is 5.32 Å². The summed E-state index contributed by atoms with van der Waals surface area (Å²) >= 11 is 0. The molecule has 0 aromatic heterocycles. The van der Waals surface area contributed by atoms with Gasteiger partial charge in [0.2, 0.25) is 16.3 Å². The predicted octanol–water partition coefficient (Wildman–Crippen LogP) is 4.37. The first kappa shape index (κ1) is 38.6. The van der Waals surface area contributed by atoms with Gasteiger partial charge in [0, 0.05) is 13.0 Å². The molecule has 8 heteroatoms. The molecule has 0 saturated carbocycles. The second-order valence-electron chi connectivity index (χ2n) is 8.98. The van der Waals surface area contributed by atoms with E-state index in [1.165, 1.54) is 103 Å². The van der Waals surface area contributed by atoms with E-state index in [0.717, 1.165) is 13.0 Å². The number of nitrogens with one attached hydrogen (secondary N) is 1. The van der Waals surface area contributed by atoms with E-state index in [-0.39, 0.29) is 35.5 Å². The molecule has 0 aliphatic heterocycles. The summed E-state index contributed by atoms with van der Waals surface area (Å²) in [5.74, 6) is 0.922. The first-order chi connectivity index (χ1) is 15.7. The van der Waals surface area contributed by atoms with Gasteiger partial charge in [-0.25, -0.2) is 8.42 Å². The molecule has 0 aromatic rings. The molecule has 0 spiro atoms. The Labute approximate surface area is 233 Å². The number of amides is 1. The summed E-state index contributed by atoms with van der Waals surface area (Å²) in [5, 5.41) is 3.14. The molecule has 6 nitrogen and oxygen atoms in total. The molecule has 0 bridgehead atoms. The van der Waals surface area contributed by atoms with Gasteiger partial charge in [-0.15, -0.1) is 0 Å². The van der Waals surface area contributed by atoms with Gasteiger partial charge in [-0.2, -0.15) is 0 Å². The maximum absolute atomic E-state index is 12.0. The molecule has 0 aliphatic carbocycles. The molecule has 0 saturated heterocycles. The van der Waals surface area contributed by atoms with Crippen molar-refractivity contribution in [2.45, 2.75) is 136 Å². The van der Waals surface area contributed by atoms with Crippen LogP contribution in [0.15, 0.2) is 12.2 Å². The van der Waals surface area contributed by atoms with Crippen LogP contribution in [-0.4, -0.2) is 30.0 Å². The van der Waals surface area contributed by atoms with E-state index in [0.29, 0.717) is 12.3 Å². The predicted molar refractivity (Wildman–Crippen MR) is 138 cm³/mol. The molecule has 1 unspecified atom stereocenters. The van der Waals surface area contributed by atoms with Gasteiger partial charge in [0.15, 0.2) is 0 Å². The van der Waals surface area contributed by atoms with Crippen LogP contribution in [0.4, 0.5) is 0 Å². The normalized spacial score (nSPS) is 12.0. The topological polar surface area (TPSA) is 107 Å². The van der Waals surface area contributed by atoms with Crippen LogP contribution < -0.4 is 34.9 Å². The molecule has 1 amide bonds. The Morgan fingerprint density at radius 3 is 1.74 bits per heavy atom. The van der Waals surface area contributed by atoms with Crippen molar-refractivity contribution in [3.63, 3.8) is 0 Å².